The molecule has 0 fully saturated rings. The summed E-state index contributed by atoms with van der Waals surface area (Å²) < 4.78 is 2.98. The van der Waals surface area contributed by atoms with E-state index in [2.05, 4.69) is 15.5 Å². The van der Waals surface area contributed by atoms with Crippen LogP contribution in [0, 0.1) is 17.0 Å². The minimum atomic E-state index is -0.644. The largest absolute Gasteiger partial charge is 0.322 e. The molecule has 0 aliphatic carbocycles. The van der Waals surface area contributed by atoms with Gasteiger partial charge in [0.15, 0.2) is 0 Å². The van der Waals surface area contributed by atoms with Crippen molar-refractivity contribution in [3.05, 3.63) is 69.8 Å². The summed E-state index contributed by atoms with van der Waals surface area (Å²) >= 11 is 0. The molecule has 2 aromatic heterocycles. The highest BCUT2D eigenvalue weighted by Gasteiger charge is 2.29. The van der Waals surface area contributed by atoms with E-state index in [1.807, 2.05) is 30.3 Å². The number of nitrogens with one attached hydrogen (secondary N) is 1. The Bertz CT molecular complexity index is 929. The molecule has 0 aliphatic heterocycles. The van der Waals surface area contributed by atoms with Gasteiger partial charge < -0.3 is 5.32 Å². The fourth-order valence-corrected chi connectivity index (χ4v) is 2.44. The van der Waals surface area contributed by atoms with E-state index in [0.717, 1.165) is 5.56 Å². The number of carbonyl (C=O) groups is 1. The van der Waals surface area contributed by atoms with Crippen LogP contribution in [0.15, 0.2) is 42.7 Å². The predicted octanol–water partition coefficient (Wildman–Crippen LogP) is 2.13. The first-order valence-corrected chi connectivity index (χ1v) is 7.51. The van der Waals surface area contributed by atoms with Crippen molar-refractivity contribution in [2.45, 2.75) is 13.5 Å². The number of rotatable bonds is 5. The summed E-state index contributed by atoms with van der Waals surface area (Å²) in [5.74, 6) is -0.644. The third-order valence-corrected chi connectivity index (χ3v) is 3.78. The first-order chi connectivity index (χ1) is 12.0. The van der Waals surface area contributed by atoms with Crippen molar-refractivity contribution in [3.63, 3.8) is 0 Å². The van der Waals surface area contributed by atoms with Crippen LogP contribution in [-0.2, 0) is 13.6 Å². The van der Waals surface area contributed by atoms with Gasteiger partial charge in [0.05, 0.1) is 23.4 Å². The molecule has 0 bridgehead atoms. The summed E-state index contributed by atoms with van der Waals surface area (Å²) in [6, 6.07) is 9.74. The monoisotopic (exact) mass is 340 g/mol. The van der Waals surface area contributed by atoms with Gasteiger partial charge in [0.2, 0.25) is 5.69 Å². The quantitative estimate of drug-likeness (QED) is 0.565. The molecule has 25 heavy (non-hydrogen) atoms. The third kappa shape index (κ3) is 3.39. The zero-order valence-corrected chi connectivity index (χ0v) is 13.7. The van der Waals surface area contributed by atoms with E-state index in [4.69, 9.17) is 0 Å². The maximum absolute atomic E-state index is 12.3. The number of nitrogens with zero attached hydrogens (tertiary/aromatic N) is 5. The minimum Gasteiger partial charge on any atom is -0.318 e. The number of amides is 1. The molecule has 3 rings (SSSR count). The third-order valence-electron chi connectivity index (χ3n) is 3.78. The Morgan fingerprint density at radius 2 is 2.04 bits per heavy atom. The van der Waals surface area contributed by atoms with Crippen LogP contribution >= 0.6 is 0 Å². The van der Waals surface area contributed by atoms with Crippen molar-refractivity contribution in [1.29, 1.82) is 0 Å². The van der Waals surface area contributed by atoms with Crippen LogP contribution in [0.5, 0.6) is 0 Å². The lowest BCUT2D eigenvalue weighted by atomic mass is 10.2. The van der Waals surface area contributed by atoms with E-state index in [-0.39, 0.29) is 11.4 Å². The Labute approximate surface area is 143 Å². The summed E-state index contributed by atoms with van der Waals surface area (Å²) in [5.41, 5.74) is 1.31. The van der Waals surface area contributed by atoms with E-state index in [1.165, 1.54) is 10.9 Å². The number of hydrogen-bond acceptors (Lipinski definition) is 5. The van der Waals surface area contributed by atoms with Crippen molar-refractivity contribution in [3.8, 4) is 0 Å². The number of anilines is 1. The second-order valence-corrected chi connectivity index (χ2v) is 5.53. The molecule has 0 radical (unpaired) electrons. The van der Waals surface area contributed by atoms with Gasteiger partial charge in [0.25, 0.3) is 5.91 Å². The maximum Gasteiger partial charge on any atom is 0.322 e. The number of carbonyl (C=O) groups excluding carboxylic acids is 1. The van der Waals surface area contributed by atoms with Crippen LogP contribution in [0.3, 0.4) is 0 Å². The van der Waals surface area contributed by atoms with E-state index in [9.17, 15) is 14.9 Å². The Morgan fingerprint density at radius 1 is 1.32 bits per heavy atom. The summed E-state index contributed by atoms with van der Waals surface area (Å²) in [5, 5.41) is 21.9. The molecule has 0 saturated heterocycles. The molecule has 0 saturated carbocycles. The van der Waals surface area contributed by atoms with Crippen LogP contribution < -0.4 is 5.32 Å². The maximum atomic E-state index is 12.3. The Hall–Kier alpha value is -3.49. The highest BCUT2D eigenvalue weighted by atomic mass is 16.6. The van der Waals surface area contributed by atoms with Gasteiger partial charge in [-0.2, -0.15) is 10.2 Å². The fourth-order valence-electron chi connectivity index (χ4n) is 2.44. The average molecular weight is 340 g/mol. The molecular weight excluding hydrogens is 324 g/mol. The van der Waals surface area contributed by atoms with Gasteiger partial charge in [-0.15, -0.1) is 0 Å². The first-order valence-electron chi connectivity index (χ1n) is 7.51. The smallest absolute Gasteiger partial charge is 0.318 e. The number of aryl methyl sites for hydroxylation is 1. The van der Waals surface area contributed by atoms with Crippen LogP contribution in [0.25, 0.3) is 0 Å². The van der Waals surface area contributed by atoms with E-state index in [1.54, 1.807) is 24.9 Å². The summed E-state index contributed by atoms with van der Waals surface area (Å²) in [7, 11) is 1.55. The van der Waals surface area contributed by atoms with Crippen LogP contribution in [-0.4, -0.2) is 30.4 Å². The molecule has 9 heteroatoms. The van der Waals surface area contributed by atoms with E-state index < -0.39 is 10.8 Å². The van der Waals surface area contributed by atoms with Crippen molar-refractivity contribution < 1.29 is 9.72 Å². The molecule has 9 nitrogen and oxygen atoms in total. The summed E-state index contributed by atoms with van der Waals surface area (Å²) in [6.07, 6.45) is 3.15. The second kappa shape index (κ2) is 6.56. The van der Waals surface area contributed by atoms with Gasteiger partial charge >= 0.3 is 5.69 Å². The second-order valence-electron chi connectivity index (χ2n) is 5.53. The zero-order valence-electron chi connectivity index (χ0n) is 13.7. The van der Waals surface area contributed by atoms with Gasteiger partial charge in [-0.05, 0) is 12.5 Å². The van der Waals surface area contributed by atoms with Gasteiger partial charge in [0.1, 0.15) is 5.69 Å². The summed E-state index contributed by atoms with van der Waals surface area (Å²) in [6.45, 7) is 2.10. The van der Waals surface area contributed by atoms with Gasteiger partial charge in [-0.1, -0.05) is 30.3 Å². The molecule has 2 heterocycles. The van der Waals surface area contributed by atoms with Crippen molar-refractivity contribution in [2.24, 2.45) is 7.05 Å². The fraction of sp³-hybridized carbons (Fsp3) is 0.188. The lowest BCUT2D eigenvalue weighted by molar-refractivity contribution is -0.385. The van der Waals surface area contributed by atoms with Gasteiger partial charge in [-0.25, -0.2) is 0 Å². The van der Waals surface area contributed by atoms with Crippen LogP contribution in [0.2, 0.25) is 0 Å². The first kappa shape index (κ1) is 16.4. The van der Waals surface area contributed by atoms with Crippen molar-refractivity contribution in [2.75, 3.05) is 5.32 Å². The average Bonchev–Trinajstić information content (AvgIpc) is 3.13. The van der Waals surface area contributed by atoms with Gasteiger partial charge in [0, 0.05) is 13.2 Å². The molecule has 128 valence electrons. The van der Waals surface area contributed by atoms with Crippen LogP contribution in [0.1, 0.15) is 21.7 Å². The molecule has 0 atom stereocenters. The number of hydrogen-bond donors (Lipinski definition) is 1. The Morgan fingerprint density at radius 3 is 2.72 bits per heavy atom. The SMILES string of the molecule is Cc1c([N+](=O)[O-])c(C(=O)Nc2cnn(Cc3ccccc3)c2)nn1C. The van der Waals surface area contributed by atoms with E-state index >= 15 is 0 Å². The normalized spacial score (nSPS) is 10.6. The molecule has 3 aromatic rings. The molecule has 0 aliphatic rings. The highest BCUT2D eigenvalue weighted by molar-refractivity contribution is 6.05. The summed E-state index contributed by atoms with van der Waals surface area (Å²) in [4.78, 5) is 22.9. The molecule has 1 N–H and O–H groups in total. The van der Waals surface area contributed by atoms with Crippen molar-refractivity contribution >= 4 is 17.3 Å². The Kier molecular flexibility index (Phi) is 4.29. The number of nitro groups is 1. The molecule has 0 unspecified atom stereocenters. The van der Waals surface area contributed by atoms with Crippen molar-refractivity contribution in [1.82, 2.24) is 19.6 Å². The minimum absolute atomic E-state index is 0.221. The Balaban J connectivity index is 1.76. The molecular formula is C16H16N6O3. The topological polar surface area (TPSA) is 108 Å². The standard InChI is InChI=1S/C16H16N6O3/c1-11-15(22(24)25)14(19-20(11)2)16(23)18-13-8-17-21(10-13)9-12-6-4-3-5-7-12/h3-8,10H,9H2,1-2H3,(H,18,23). The zero-order chi connectivity index (χ0) is 18.0. The predicted molar refractivity (Wildman–Crippen MR) is 90.3 cm³/mol. The molecule has 1 aromatic carbocycles. The highest BCUT2D eigenvalue weighted by Crippen LogP contribution is 2.23. The lowest BCUT2D eigenvalue weighted by Gasteiger charge is -2.01. The van der Waals surface area contributed by atoms with Gasteiger partial charge in [-0.3, -0.25) is 24.3 Å². The number of aromatic nitrogens is 4. The lowest BCUT2D eigenvalue weighted by Crippen LogP contribution is -2.14. The number of benzene rings is 1. The van der Waals surface area contributed by atoms with Crippen LogP contribution in [0.4, 0.5) is 11.4 Å². The molecule has 1 amide bonds. The molecule has 0 spiro atoms. The van der Waals surface area contributed by atoms with E-state index in [0.29, 0.717) is 17.9 Å².